The van der Waals surface area contributed by atoms with Gasteiger partial charge >= 0.3 is 0 Å². The first kappa shape index (κ1) is 21.1. The molecule has 146 valence electrons. The first-order chi connectivity index (χ1) is 12.0. The van der Waals surface area contributed by atoms with Crippen LogP contribution in [0, 0.1) is 17.8 Å². The quantitative estimate of drug-likeness (QED) is 0.790. The van der Waals surface area contributed by atoms with Crippen molar-refractivity contribution in [1.29, 1.82) is 0 Å². The van der Waals surface area contributed by atoms with Gasteiger partial charge in [0.15, 0.2) is 11.5 Å². The number of ether oxygens (including phenoxy) is 2. The Morgan fingerprint density at radius 3 is 2.54 bits per heavy atom. The maximum Gasteiger partial charge on any atom is 0.254 e. The van der Waals surface area contributed by atoms with E-state index in [1.807, 2.05) is 4.90 Å². The summed E-state index contributed by atoms with van der Waals surface area (Å²) >= 11 is 6.39. The van der Waals surface area contributed by atoms with Gasteiger partial charge in [0.1, 0.15) is 0 Å². The minimum atomic E-state index is 0. The lowest BCUT2D eigenvalue weighted by Crippen LogP contribution is -2.31. The van der Waals surface area contributed by atoms with Crippen LogP contribution in [0.25, 0.3) is 0 Å². The Balaban J connectivity index is 0.00000243. The van der Waals surface area contributed by atoms with E-state index in [9.17, 15) is 4.79 Å². The standard InChI is InChI=1S/C19H27ClN2O3.ClH/c1-12(2)4-5-25-18-16(20)6-13(7-17(18)24-3)19(23)22-10-14-8-21-9-15(14)11-22;/h6-7,12,14-15,21H,4-5,8-11H2,1-3H3;1H/t14-,15+;. The molecule has 0 unspecified atom stereocenters. The van der Waals surface area contributed by atoms with Crippen molar-refractivity contribution in [2.24, 2.45) is 17.8 Å². The predicted octanol–water partition coefficient (Wildman–Crippen LogP) is 3.49. The summed E-state index contributed by atoms with van der Waals surface area (Å²) in [5, 5.41) is 3.81. The summed E-state index contributed by atoms with van der Waals surface area (Å²) in [5.41, 5.74) is 0.561. The molecule has 1 aromatic carbocycles. The van der Waals surface area contributed by atoms with Crippen molar-refractivity contribution in [3.05, 3.63) is 22.7 Å². The Morgan fingerprint density at radius 2 is 1.96 bits per heavy atom. The molecule has 7 heteroatoms. The van der Waals surface area contributed by atoms with Crippen molar-refractivity contribution >= 4 is 29.9 Å². The minimum Gasteiger partial charge on any atom is -0.493 e. The van der Waals surface area contributed by atoms with Crippen LogP contribution in [0.2, 0.25) is 5.02 Å². The number of halogens is 2. The van der Waals surface area contributed by atoms with Gasteiger partial charge in [-0.3, -0.25) is 4.79 Å². The van der Waals surface area contributed by atoms with Crippen LogP contribution in [0.3, 0.4) is 0 Å². The van der Waals surface area contributed by atoms with E-state index >= 15 is 0 Å². The highest BCUT2D eigenvalue weighted by Crippen LogP contribution is 2.37. The van der Waals surface area contributed by atoms with Gasteiger partial charge < -0.3 is 19.7 Å². The molecule has 0 bridgehead atoms. The van der Waals surface area contributed by atoms with E-state index in [2.05, 4.69) is 19.2 Å². The number of hydrogen-bond acceptors (Lipinski definition) is 4. The average molecular weight is 403 g/mol. The molecule has 1 aromatic rings. The fourth-order valence-corrected chi connectivity index (χ4v) is 3.85. The molecule has 1 amide bonds. The lowest BCUT2D eigenvalue weighted by molar-refractivity contribution is 0.0781. The lowest BCUT2D eigenvalue weighted by atomic mass is 10.0. The van der Waals surface area contributed by atoms with Crippen LogP contribution in [0.4, 0.5) is 0 Å². The molecule has 2 fully saturated rings. The Morgan fingerprint density at radius 1 is 1.31 bits per heavy atom. The first-order valence-corrected chi connectivity index (χ1v) is 9.37. The van der Waals surface area contributed by atoms with Crippen LogP contribution in [-0.4, -0.2) is 50.7 Å². The molecule has 5 nitrogen and oxygen atoms in total. The Bertz CT molecular complexity index is 627. The van der Waals surface area contributed by atoms with Gasteiger partial charge in [0.2, 0.25) is 0 Å². The maximum atomic E-state index is 12.9. The maximum absolute atomic E-state index is 12.9. The molecular weight excluding hydrogens is 375 g/mol. The smallest absolute Gasteiger partial charge is 0.254 e. The van der Waals surface area contributed by atoms with E-state index in [0.717, 1.165) is 32.6 Å². The number of carbonyl (C=O) groups excluding carboxylic acids is 1. The van der Waals surface area contributed by atoms with Gasteiger partial charge in [0.05, 0.1) is 18.7 Å². The van der Waals surface area contributed by atoms with Crippen molar-refractivity contribution in [3.8, 4) is 11.5 Å². The molecule has 2 heterocycles. The third-order valence-corrected chi connectivity index (χ3v) is 5.38. The fourth-order valence-electron chi connectivity index (χ4n) is 3.58. The van der Waals surface area contributed by atoms with Crippen molar-refractivity contribution in [2.45, 2.75) is 20.3 Å². The third-order valence-electron chi connectivity index (χ3n) is 5.09. The minimum absolute atomic E-state index is 0. The summed E-state index contributed by atoms with van der Waals surface area (Å²) in [4.78, 5) is 14.8. The highest BCUT2D eigenvalue weighted by Gasteiger charge is 2.38. The van der Waals surface area contributed by atoms with Gasteiger partial charge in [0, 0.05) is 31.7 Å². The number of hydrogen-bond donors (Lipinski definition) is 1. The molecule has 0 aliphatic carbocycles. The van der Waals surface area contributed by atoms with E-state index in [0.29, 0.717) is 46.4 Å². The molecule has 0 aromatic heterocycles. The SMILES string of the molecule is COc1cc(C(=O)N2C[C@H]3CNC[C@H]3C2)cc(Cl)c1OCCC(C)C.Cl. The van der Waals surface area contributed by atoms with E-state index < -0.39 is 0 Å². The Labute approximate surface area is 166 Å². The Kier molecular flexibility index (Phi) is 7.44. The monoisotopic (exact) mass is 402 g/mol. The second-order valence-electron chi connectivity index (χ2n) is 7.41. The zero-order valence-electron chi connectivity index (χ0n) is 15.6. The van der Waals surface area contributed by atoms with Crippen molar-refractivity contribution in [1.82, 2.24) is 10.2 Å². The first-order valence-electron chi connectivity index (χ1n) is 9.00. The topological polar surface area (TPSA) is 50.8 Å². The van der Waals surface area contributed by atoms with Crippen LogP contribution < -0.4 is 14.8 Å². The van der Waals surface area contributed by atoms with Gasteiger partial charge in [-0.05, 0) is 36.3 Å². The van der Waals surface area contributed by atoms with Crippen molar-refractivity contribution in [2.75, 3.05) is 39.9 Å². The highest BCUT2D eigenvalue weighted by atomic mass is 35.5. The number of fused-ring (bicyclic) bond motifs is 1. The number of amides is 1. The largest absolute Gasteiger partial charge is 0.493 e. The van der Waals surface area contributed by atoms with Crippen LogP contribution in [0.1, 0.15) is 30.6 Å². The second kappa shape index (κ2) is 9.16. The number of likely N-dealkylation sites (tertiary alicyclic amines) is 1. The van der Waals surface area contributed by atoms with Gasteiger partial charge in [-0.2, -0.15) is 0 Å². The summed E-state index contributed by atoms with van der Waals surface area (Å²) in [6.07, 6.45) is 0.935. The summed E-state index contributed by atoms with van der Waals surface area (Å²) in [6.45, 7) is 8.48. The molecule has 0 radical (unpaired) electrons. The van der Waals surface area contributed by atoms with Crippen LogP contribution in [0.5, 0.6) is 11.5 Å². The number of rotatable bonds is 6. The predicted molar refractivity (Wildman–Crippen MR) is 106 cm³/mol. The van der Waals surface area contributed by atoms with E-state index in [1.54, 1.807) is 19.2 Å². The molecule has 2 saturated heterocycles. The normalized spacial score (nSPS) is 21.5. The summed E-state index contributed by atoms with van der Waals surface area (Å²) in [5.74, 6) is 2.74. The molecule has 0 saturated carbocycles. The number of nitrogens with zero attached hydrogens (tertiary/aromatic N) is 1. The number of nitrogens with one attached hydrogen (secondary N) is 1. The zero-order valence-corrected chi connectivity index (χ0v) is 17.2. The molecule has 3 rings (SSSR count). The highest BCUT2D eigenvalue weighted by molar-refractivity contribution is 6.32. The number of carbonyl (C=O) groups is 1. The average Bonchev–Trinajstić information content (AvgIpc) is 3.16. The van der Waals surface area contributed by atoms with Crippen molar-refractivity contribution in [3.63, 3.8) is 0 Å². The van der Waals surface area contributed by atoms with Gasteiger partial charge in [-0.25, -0.2) is 0 Å². The zero-order chi connectivity index (χ0) is 18.0. The molecular formula is C19H28Cl2N2O3. The molecule has 1 N–H and O–H groups in total. The van der Waals surface area contributed by atoms with E-state index in [-0.39, 0.29) is 18.3 Å². The molecule has 2 aliphatic heterocycles. The second-order valence-corrected chi connectivity index (χ2v) is 7.82. The summed E-state index contributed by atoms with van der Waals surface area (Å²) in [7, 11) is 1.57. The van der Waals surface area contributed by atoms with Gasteiger partial charge in [-0.15, -0.1) is 12.4 Å². The van der Waals surface area contributed by atoms with Gasteiger partial charge in [-0.1, -0.05) is 25.4 Å². The molecule has 2 aliphatic rings. The van der Waals surface area contributed by atoms with Crippen LogP contribution in [-0.2, 0) is 0 Å². The summed E-state index contributed by atoms with van der Waals surface area (Å²) < 4.78 is 11.2. The van der Waals surface area contributed by atoms with Gasteiger partial charge in [0.25, 0.3) is 5.91 Å². The summed E-state index contributed by atoms with van der Waals surface area (Å²) in [6, 6.07) is 3.44. The van der Waals surface area contributed by atoms with E-state index in [4.69, 9.17) is 21.1 Å². The number of benzene rings is 1. The molecule has 26 heavy (non-hydrogen) atoms. The fraction of sp³-hybridized carbons (Fsp3) is 0.632. The Hall–Kier alpha value is -1.17. The van der Waals surface area contributed by atoms with Crippen LogP contribution >= 0.6 is 24.0 Å². The van der Waals surface area contributed by atoms with Crippen molar-refractivity contribution < 1.29 is 14.3 Å². The van der Waals surface area contributed by atoms with Crippen LogP contribution in [0.15, 0.2) is 12.1 Å². The number of methoxy groups -OCH3 is 1. The lowest BCUT2D eigenvalue weighted by Gasteiger charge is -2.19. The third kappa shape index (κ3) is 4.56. The molecule has 0 spiro atoms. The molecule has 2 atom stereocenters. The van der Waals surface area contributed by atoms with E-state index in [1.165, 1.54) is 0 Å².